The third-order valence-electron chi connectivity index (χ3n) is 3.58. The molecule has 0 aromatic heterocycles. The van der Waals surface area contributed by atoms with Crippen molar-refractivity contribution >= 4 is 0 Å². The molecule has 0 aromatic rings. The predicted octanol–water partition coefficient (Wildman–Crippen LogP) is 3.58. The van der Waals surface area contributed by atoms with E-state index in [0.29, 0.717) is 6.04 Å². The van der Waals surface area contributed by atoms with Crippen molar-refractivity contribution in [2.45, 2.75) is 71.6 Å². The van der Waals surface area contributed by atoms with Crippen molar-refractivity contribution in [3.05, 3.63) is 0 Å². The molecule has 0 spiro atoms. The summed E-state index contributed by atoms with van der Waals surface area (Å²) in [6.07, 6.45) is 7.31. The summed E-state index contributed by atoms with van der Waals surface area (Å²) in [6, 6.07) is 0.307. The number of nitrogens with one attached hydrogen (secondary N) is 1. The molecule has 3 heteroatoms. The van der Waals surface area contributed by atoms with Gasteiger partial charge in [0.05, 0.1) is 6.04 Å². The van der Waals surface area contributed by atoms with Gasteiger partial charge in [0.25, 0.3) is 0 Å². The Kier molecular flexibility index (Phi) is 11.9. The molecular formula is C15H33NO2. The van der Waals surface area contributed by atoms with Crippen molar-refractivity contribution in [2.75, 3.05) is 20.8 Å². The van der Waals surface area contributed by atoms with E-state index in [1.807, 2.05) is 0 Å². The van der Waals surface area contributed by atoms with E-state index in [1.165, 1.54) is 25.7 Å². The van der Waals surface area contributed by atoms with Crippen LogP contribution < -0.4 is 5.32 Å². The first kappa shape index (κ1) is 17.9. The molecule has 0 saturated carbocycles. The monoisotopic (exact) mass is 259 g/mol. The molecule has 2 atom stereocenters. The summed E-state index contributed by atoms with van der Waals surface area (Å²) < 4.78 is 10.8. The second kappa shape index (κ2) is 11.9. The normalized spacial score (nSPS) is 15.0. The van der Waals surface area contributed by atoms with E-state index in [2.05, 4.69) is 26.1 Å². The Bertz CT molecular complexity index is 172. The summed E-state index contributed by atoms with van der Waals surface area (Å²) in [5, 5.41) is 3.56. The van der Waals surface area contributed by atoms with Crippen LogP contribution in [0.3, 0.4) is 0 Å². The first-order valence-corrected chi connectivity index (χ1v) is 7.52. The Morgan fingerprint density at radius 1 is 1.00 bits per heavy atom. The number of methoxy groups -OCH3 is 2. The molecule has 1 N–H and O–H groups in total. The van der Waals surface area contributed by atoms with Crippen LogP contribution in [0.2, 0.25) is 0 Å². The van der Waals surface area contributed by atoms with E-state index in [0.717, 1.165) is 25.3 Å². The summed E-state index contributed by atoms with van der Waals surface area (Å²) in [7, 11) is 3.45. The maximum absolute atomic E-state index is 5.42. The molecule has 110 valence electrons. The van der Waals surface area contributed by atoms with Gasteiger partial charge in [-0.3, -0.25) is 0 Å². The van der Waals surface area contributed by atoms with Crippen LogP contribution in [-0.4, -0.2) is 33.1 Å². The fourth-order valence-electron chi connectivity index (χ4n) is 2.39. The van der Waals surface area contributed by atoms with E-state index in [9.17, 15) is 0 Å². The molecule has 0 aliphatic carbocycles. The minimum absolute atomic E-state index is 0.132. The van der Waals surface area contributed by atoms with E-state index in [4.69, 9.17) is 9.47 Å². The predicted molar refractivity (Wildman–Crippen MR) is 77.8 cm³/mol. The smallest absolute Gasteiger partial charge is 0.171 e. The van der Waals surface area contributed by atoms with Crippen LogP contribution in [-0.2, 0) is 9.47 Å². The molecule has 0 radical (unpaired) electrons. The molecule has 0 aliphatic heterocycles. The van der Waals surface area contributed by atoms with Crippen LogP contribution in [0.4, 0.5) is 0 Å². The van der Waals surface area contributed by atoms with Crippen molar-refractivity contribution in [1.29, 1.82) is 0 Å². The summed E-state index contributed by atoms with van der Waals surface area (Å²) in [5.41, 5.74) is 0. The lowest BCUT2D eigenvalue weighted by atomic mass is 9.91. The van der Waals surface area contributed by atoms with Crippen molar-refractivity contribution in [1.82, 2.24) is 5.32 Å². The Balaban J connectivity index is 4.33. The van der Waals surface area contributed by atoms with Crippen LogP contribution in [0.15, 0.2) is 0 Å². The first-order chi connectivity index (χ1) is 8.73. The van der Waals surface area contributed by atoms with Gasteiger partial charge in [0.15, 0.2) is 6.29 Å². The van der Waals surface area contributed by atoms with Gasteiger partial charge in [0.1, 0.15) is 0 Å². The highest BCUT2D eigenvalue weighted by Gasteiger charge is 2.23. The van der Waals surface area contributed by atoms with E-state index < -0.39 is 0 Å². The van der Waals surface area contributed by atoms with Gasteiger partial charge in [-0.15, -0.1) is 0 Å². The standard InChI is InChI=1S/C15H33NO2/c1-6-9-10-13(8-3)12-14(16-11-7-2)15(17-4)18-5/h13-16H,6-12H2,1-5H3. The van der Waals surface area contributed by atoms with Crippen LogP contribution in [0, 0.1) is 5.92 Å². The van der Waals surface area contributed by atoms with Gasteiger partial charge >= 0.3 is 0 Å². The molecule has 0 aromatic carbocycles. The molecule has 0 heterocycles. The van der Waals surface area contributed by atoms with Crippen LogP contribution in [0.5, 0.6) is 0 Å². The van der Waals surface area contributed by atoms with Crippen LogP contribution in [0.1, 0.15) is 59.3 Å². The van der Waals surface area contributed by atoms with Crippen molar-refractivity contribution < 1.29 is 9.47 Å². The van der Waals surface area contributed by atoms with E-state index >= 15 is 0 Å². The third kappa shape index (κ3) is 7.34. The first-order valence-electron chi connectivity index (χ1n) is 7.52. The Morgan fingerprint density at radius 3 is 2.11 bits per heavy atom. The maximum Gasteiger partial charge on any atom is 0.171 e. The van der Waals surface area contributed by atoms with Gasteiger partial charge in [0.2, 0.25) is 0 Å². The largest absolute Gasteiger partial charge is 0.354 e. The minimum atomic E-state index is -0.132. The molecular weight excluding hydrogens is 226 g/mol. The lowest BCUT2D eigenvalue weighted by Crippen LogP contribution is -2.43. The highest BCUT2D eigenvalue weighted by Crippen LogP contribution is 2.21. The zero-order valence-corrected chi connectivity index (χ0v) is 13.0. The zero-order chi connectivity index (χ0) is 13.8. The van der Waals surface area contributed by atoms with Gasteiger partial charge in [-0.1, -0.05) is 46.5 Å². The highest BCUT2D eigenvalue weighted by molar-refractivity contribution is 4.75. The fraction of sp³-hybridized carbons (Fsp3) is 1.00. The maximum atomic E-state index is 5.42. The average molecular weight is 259 g/mol. The van der Waals surface area contributed by atoms with Gasteiger partial charge in [-0.05, 0) is 25.3 Å². The second-order valence-corrected chi connectivity index (χ2v) is 5.05. The molecule has 0 saturated heterocycles. The number of ether oxygens (including phenoxy) is 2. The molecule has 0 aliphatic rings. The second-order valence-electron chi connectivity index (χ2n) is 5.05. The zero-order valence-electron chi connectivity index (χ0n) is 13.0. The van der Waals surface area contributed by atoms with Crippen molar-refractivity contribution in [3.8, 4) is 0 Å². The molecule has 0 amide bonds. The Morgan fingerprint density at radius 2 is 1.67 bits per heavy atom. The number of hydrogen-bond acceptors (Lipinski definition) is 3. The lowest BCUT2D eigenvalue weighted by molar-refractivity contribution is -0.126. The lowest BCUT2D eigenvalue weighted by Gasteiger charge is -2.29. The van der Waals surface area contributed by atoms with Gasteiger partial charge in [0, 0.05) is 14.2 Å². The van der Waals surface area contributed by atoms with E-state index in [1.54, 1.807) is 14.2 Å². The van der Waals surface area contributed by atoms with Crippen molar-refractivity contribution in [2.24, 2.45) is 5.92 Å². The Hall–Kier alpha value is -0.120. The highest BCUT2D eigenvalue weighted by atomic mass is 16.7. The summed E-state index contributed by atoms with van der Waals surface area (Å²) >= 11 is 0. The third-order valence-corrected chi connectivity index (χ3v) is 3.58. The molecule has 3 nitrogen and oxygen atoms in total. The topological polar surface area (TPSA) is 30.5 Å². The molecule has 2 unspecified atom stereocenters. The van der Waals surface area contributed by atoms with Gasteiger partial charge in [-0.2, -0.15) is 0 Å². The quantitative estimate of drug-likeness (QED) is 0.543. The minimum Gasteiger partial charge on any atom is -0.354 e. The summed E-state index contributed by atoms with van der Waals surface area (Å²) in [6.45, 7) is 7.75. The van der Waals surface area contributed by atoms with Crippen LogP contribution in [0.25, 0.3) is 0 Å². The molecule has 0 bridgehead atoms. The molecule has 0 rings (SSSR count). The molecule has 18 heavy (non-hydrogen) atoms. The van der Waals surface area contributed by atoms with Gasteiger partial charge < -0.3 is 14.8 Å². The SMILES string of the molecule is CCCCC(CC)CC(NCCC)C(OC)OC. The number of hydrogen-bond donors (Lipinski definition) is 1. The fourth-order valence-corrected chi connectivity index (χ4v) is 2.39. The number of rotatable bonds is 12. The average Bonchev–Trinajstić information content (AvgIpc) is 2.41. The van der Waals surface area contributed by atoms with Gasteiger partial charge in [-0.25, -0.2) is 0 Å². The van der Waals surface area contributed by atoms with Crippen LogP contribution >= 0.6 is 0 Å². The van der Waals surface area contributed by atoms with E-state index in [-0.39, 0.29) is 6.29 Å². The van der Waals surface area contributed by atoms with Crippen molar-refractivity contribution in [3.63, 3.8) is 0 Å². The number of unbranched alkanes of at least 4 members (excludes halogenated alkanes) is 1. The Labute approximate surface area is 114 Å². The summed E-state index contributed by atoms with van der Waals surface area (Å²) in [4.78, 5) is 0. The molecule has 0 fully saturated rings. The summed E-state index contributed by atoms with van der Waals surface area (Å²) in [5.74, 6) is 0.770.